The van der Waals surface area contributed by atoms with E-state index in [1.54, 1.807) is 6.92 Å². The van der Waals surface area contributed by atoms with Gasteiger partial charge in [0, 0.05) is 5.41 Å². The number of halogens is 1. The highest BCUT2D eigenvalue weighted by Gasteiger charge is 2.52. The molecule has 1 rings (SSSR count). The largest absolute Gasteiger partial charge is 0.481 e. The molecule has 1 saturated carbocycles. The van der Waals surface area contributed by atoms with E-state index in [0.717, 1.165) is 0 Å². The fourth-order valence-corrected chi connectivity index (χ4v) is 0.879. The zero-order chi connectivity index (χ0) is 7.07. The lowest BCUT2D eigenvalue weighted by Crippen LogP contribution is -2.06. The van der Waals surface area contributed by atoms with Crippen molar-refractivity contribution < 1.29 is 14.3 Å². The molecule has 2 atom stereocenters. The zero-order valence-electron chi connectivity index (χ0n) is 5.22. The van der Waals surface area contributed by atoms with Crippen LogP contribution in [0.4, 0.5) is 4.39 Å². The normalized spacial score (nSPS) is 40.4. The summed E-state index contributed by atoms with van der Waals surface area (Å²) in [5.41, 5.74) is -0.536. The van der Waals surface area contributed by atoms with E-state index in [4.69, 9.17) is 5.11 Å². The smallest absolute Gasteiger partial charge is 0.304 e. The standard InChI is InChI=1S/C6H9FO2/c1-6(2-4(6)7)3-5(8)9/h4H,2-3H2,1H3,(H,8,9). The van der Waals surface area contributed by atoms with Crippen molar-refractivity contribution in [3.05, 3.63) is 0 Å². The van der Waals surface area contributed by atoms with Crippen LogP contribution in [0.2, 0.25) is 0 Å². The van der Waals surface area contributed by atoms with Gasteiger partial charge in [0.2, 0.25) is 0 Å². The molecule has 3 heteroatoms. The van der Waals surface area contributed by atoms with Gasteiger partial charge in [-0.3, -0.25) is 4.79 Å². The van der Waals surface area contributed by atoms with E-state index in [-0.39, 0.29) is 6.42 Å². The second-order valence-electron chi connectivity index (χ2n) is 2.90. The monoisotopic (exact) mass is 132 g/mol. The number of carboxylic acid groups (broad SMARTS) is 1. The van der Waals surface area contributed by atoms with Crippen molar-refractivity contribution in [2.75, 3.05) is 0 Å². The van der Waals surface area contributed by atoms with Crippen LogP contribution in [-0.2, 0) is 4.79 Å². The van der Waals surface area contributed by atoms with Gasteiger partial charge in [-0.25, -0.2) is 4.39 Å². The van der Waals surface area contributed by atoms with E-state index in [0.29, 0.717) is 6.42 Å². The first-order valence-electron chi connectivity index (χ1n) is 2.90. The van der Waals surface area contributed by atoms with Gasteiger partial charge in [0.05, 0.1) is 6.42 Å². The number of hydrogen-bond acceptors (Lipinski definition) is 1. The van der Waals surface area contributed by atoms with Crippen LogP contribution in [0.3, 0.4) is 0 Å². The third kappa shape index (κ3) is 1.20. The van der Waals surface area contributed by atoms with E-state index in [1.807, 2.05) is 0 Å². The molecule has 0 saturated heterocycles. The summed E-state index contributed by atoms with van der Waals surface area (Å²) in [6, 6.07) is 0. The summed E-state index contributed by atoms with van der Waals surface area (Å²) in [6.45, 7) is 1.66. The summed E-state index contributed by atoms with van der Waals surface area (Å²) >= 11 is 0. The molecule has 1 aliphatic carbocycles. The lowest BCUT2D eigenvalue weighted by atomic mass is 10.1. The second kappa shape index (κ2) is 1.69. The number of alkyl halides is 1. The average Bonchev–Trinajstić information content (AvgIpc) is 2.10. The van der Waals surface area contributed by atoms with Gasteiger partial charge in [-0.2, -0.15) is 0 Å². The highest BCUT2D eigenvalue weighted by Crippen LogP contribution is 2.50. The quantitative estimate of drug-likeness (QED) is 0.613. The van der Waals surface area contributed by atoms with Gasteiger partial charge >= 0.3 is 5.97 Å². The minimum absolute atomic E-state index is 0.0336. The predicted octanol–water partition coefficient (Wildman–Crippen LogP) is 1.21. The minimum Gasteiger partial charge on any atom is -0.481 e. The van der Waals surface area contributed by atoms with Crippen LogP contribution in [0.1, 0.15) is 19.8 Å². The van der Waals surface area contributed by atoms with Crippen molar-refractivity contribution in [3.8, 4) is 0 Å². The van der Waals surface area contributed by atoms with E-state index < -0.39 is 17.6 Å². The molecule has 1 fully saturated rings. The summed E-state index contributed by atoms with van der Waals surface area (Å²) in [5, 5.41) is 8.24. The number of carbonyl (C=O) groups is 1. The maximum absolute atomic E-state index is 12.3. The molecule has 52 valence electrons. The van der Waals surface area contributed by atoms with Crippen LogP contribution < -0.4 is 0 Å². The van der Waals surface area contributed by atoms with Gasteiger partial charge in [-0.1, -0.05) is 6.92 Å². The Morgan fingerprint density at radius 2 is 2.44 bits per heavy atom. The third-order valence-electron chi connectivity index (χ3n) is 1.80. The van der Waals surface area contributed by atoms with Crippen molar-refractivity contribution in [1.29, 1.82) is 0 Å². The van der Waals surface area contributed by atoms with E-state index >= 15 is 0 Å². The fraction of sp³-hybridized carbons (Fsp3) is 0.833. The van der Waals surface area contributed by atoms with Crippen molar-refractivity contribution in [3.63, 3.8) is 0 Å². The maximum Gasteiger partial charge on any atom is 0.304 e. The lowest BCUT2D eigenvalue weighted by Gasteiger charge is -2.00. The van der Waals surface area contributed by atoms with Crippen LogP contribution in [0.5, 0.6) is 0 Å². The molecule has 0 amide bonds. The molecule has 0 aliphatic heterocycles. The van der Waals surface area contributed by atoms with Crippen LogP contribution in [-0.4, -0.2) is 17.2 Å². The molecular weight excluding hydrogens is 123 g/mol. The molecule has 0 aromatic heterocycles. The molecule has 1 aliphatic rings. The Kier molecular flexibility index (Phi) is 1.22. The topological polar surface area (TPSA) is 37.3 Å². The first-order valence-corrected chi connectivity index (χ1v) is 2.90. The Bertz CT molecular complexity index is 146. The second-order valence-corrected chi connectivity index (χ2v) is 2.90. The minimum atomic E-state index is -0.905. The predicted molar refractivity (Wildman–Crippen MR) is 29.9 cm³/mol. The summed E-state index contributed by atoms with van der Waals surface area (Å²) in [6.07, 6.45) is -0.499. The molecule has 0 radical (unpaired) electrons. The van der Waals surface area contributed by atoms with Gasteiger partial charge in [-0.15, -0.1) is 0 Å². The van der Waals surface area contributed by atoms with Crippen molar-refractivity contribution in [2.24, 2.45) is 5.41 Å². The van der Waals surface area contributed by atoms with Crippen LogP contribution >= 0.6 is 0 Å². The fourth-order valence-electron chi connectivity index (χ4n) is 0.879. The van der Waals surface area contributed by atoms with Gasteiger partial charge in [-0.05, 0) is 6.42 Å². The van der Waals surface area contributed by atoms with Gasteiger partial charge < -0.3 is 5.11 Å². The van der Waals surface area contributed by atoms with E-state index in [9.17, 15) is 9.18 Å². The molecule has 1 N–H and O–H groups in total. The van der Waals surface area contributed by atoms with Crippen LogP contribution in [0, 0.1) is 5.41 Å². The SMILES string of the molecule is CC1(CC(=O)O)CC1F. The number of hydrogen-bond donors (Lipinski definition) is 1. The van der Waals surface area contributed by atoms with Crippen molar-refractivity contribution >= 4 is 5.97 Å². The number of carboxylic acids is 1. The lowest BCUT2D eigenvalue weighted by molar-refractivity contribution is -0.138. The maximum atomic E-state index is 12.3. The summed E-state index contributed by atoms with van der Waals surface area (Å²) in [7, 11) is 0. The summed E-state index contributed by atoms with van der Waals surface area (Å²) < 4.78 is 12.3. The Morgan fingerprint density at radius 1 is 2.00 bits per heavy atom. The first kappa shape index (κ1) is 6.52. The highest BCUT2D eigenvalue weighted by molar-refractivity contribution is 5.68. The van der Waals surface area contributed by atoms with Gasteiger partial charge in [0.25, 0.3) is 0 Å². The average molecular weight is 132 g/mol. The van der Waals surface area contributed by atoms with E-state index in [1.165, 1.54) is 0 Å². The van der Waals surface area contributed by atoms with Crippen molar-refractivity contribution in [2.45, 2.75) is 25.9 Å². The summed E-state index contributed by atoms with van der Waals surface area (Å²) in [4.78, 5) is 10.0. The zero-order valence-corrected chi connectivity index (χ0v) is 5.22. The third-order valence-corrected chi connectivity index (χ3v) is 1.80. The van der Waals surface area contributed by atoms with E-state index in [2.05, 4.69) is 0 Å². The molecule has 0 aromatic rings. The van der Waals surface area contributed by atoms with Gasteiger partial charge in [0.15, 0.2) is 0 Å². The van der Waals surface area contributed by atoms with Crippen molar-refractivity contribution in [1.82, 2.24) is 0 Å². The molecule has 0 aromatic carbocycles. The first-order chi connectivity index (χ1) is 4.04. The molecule has 0 bridgehead atoms. The molecular formula is C6H9FO2. The molecule has 9 heavy (non-hydrogen) atoms. The Morgan fingerprint density at radius 3 is 2.56 bits per heavy atom. The Hall–Kier alpha value is -0.600. The molecule has 0 spiro atoms. The van der Waals surface area contributed by atoms with Crippen LogP contribution in [0.15, 0.2) is 0 Å². The van der Waals surface area contributed by atoms with Gasteiger partial charge in [0.1, 0.15) is 6.17 Å². The molecule has 2 unspecified atom stereocenters. The Balaban J connectivity index is 2.37. The summed E-state index contributed by atoms with van der Waals surface area (Å²) in [5.74, 6) is -0.905. The highest BCUT2D eigenvalue weighted by atomic mass is 19.1. The molecule has 0 heterocycles. The van der Waals surface area contributed by atoms with Crippen LogP contribution in [0.25, 0.3) is 0 Å². The Labute approximate surface area is 52.7 Å². The number of aliphatic carboxylic acids is 1. The molecule has 2 nitrogen and oxygen atoms in total. The number of rotatable bonds is 2.